The largest absolute Gasteiger partial charge is 0.453 e. The molecule has 6 atom stereocenters. The Balaban J connectivity index is 2.10. The number of hydrogen-bond donors (Lipinski definition) is 0. The first-order valence-electron chi connectivity index (χ1n) is 9.11. The predicted octanol–water partition coefficient (Wildman–Crippen LogP) is 4.60. The predicted molar refractivity (Wildman–Crippen MR) is 98.3 cm³/mol. The number of carbonyl (C=O) groups excluding carboxylic acids is 1. The van der Waals surface area contributed by atoms with Crippen LogP contribution in [0.1, 0.15) is 50.9 Å². The smallest absolute Gasteiger partial charge is 0.338 e. The zero-order chi connectivity index (χ0) is 18.4. The highest BCUT2D eigenvalue weighted by molar-refractivity contribution is 5.89. The van der Waals surface area contributed by atoms with Crippen molar-refractivity contribution in [2.75, 3.05) is 0 Å². The maximum Gasteiger partial charge on any atom is 0.338 e. The Morgan fingerprint density at radius 1 is 1.24 bits per heavy atom. The fourth-order valence-electron chi connectivity index (χ4n) is 3.08. The van der Waals surface area contributed by atoms with E-state index in [0.29, 0.717) is 5.56 Å². The number of carbonyl (C=O) groups is 1. The van der Waals surface area contributed by atoms with Crippen molar-refractivity contribution in [3.8, 4) is 0 Å². The lowest BCUT2D eigenvalue weighted by Crippen LogP contribution is -2.52. The highest BCUT2D eigenvalue weighted by atomic mass is 16.7. The molecule has 0 spiro atoms. The third-order valence-electron chi connectivity index (χ3n) is 5.10. The molecular formula is C21H30O4. The monoisotopic (exact) mass is 346 g/mol. The second kappa shape index (κ2) is 9.16. The van der Waals surface area contributed by atoms with Crippen LogP contribution in [0.4, 0.5) is 0 Å². The topological polar surface area (TPSA) is 44.8 Å². The first-order valence-corrected chi connectivity index (χ1v) is 9.11. The summed E-state index contributed by atoms with van der Waals surface area (Å²) in [7, 11) is 0. The summed E-state index contributed by atoms with van der Waals surface area (Å²) in [5, 5.41) is 0. The Labute approximate surface area is 151 Å². The average Bonchev–Trinajstić information content (AvgIpc) is 2.62. The summed E-state index contributed by atoms with van der Waals surface area (Å²) >= 11 is 0. The summed E-state index contributed by atoms with van der Waals surface area (Å²) < 4.78 is 17.9. The zero-order valence-electron chi connectivity index (χ0n) is 15.7. The van der Waals surface area contributed by atoms with Crippen LogP contribution >= 0.6 is 0 Å². The van der Waals surface area contributed by atoms with Crippen molar-refractivity contribution < 1.29 is 19.0 Å². The van der Waals surface area contributed by atoms with Crippen LogP contribution in [0.25, 0.3) is 0 Å². The summed E-state index contributed by atoms with van der Waals surface area (Å²) in [6.07, 6.45) is 2.71. The normalized spacial score (nSPS) is 30.5. The van der Waals surface area contributed by atoms with Gasteiger partial charge in [-0.3, -0.25) is 0 Å². The molecule has 0 N–H and O–H groups in total. The molecule has 0 amide bonds. The van der Waals surface area contributed by atoms with Gasteiger partial charge >= 0.3 is 5.97 Å². The Hall–Kier alpha value is -1.65. The Kier molecular flexibility index (Phi) is 7.21. The molecule has 0 aromatic heterocycles. The van der Waals surface area contributed by atoms with Gasteiger partial charge in [-0.05, 0) is 44.7 Å². The Morgan fingerprint density at radius 2 is 1.92 bits per heavy atom. The summed E-state index contributed by atoms with van der Waals surface area (Å²) in [4.78, 5) is 12.5. The molecule has 1 aromatic rings. The van der Waals surface area contributed by atoms with Crippen molar-refractivity contribution in [3.63, 3.8) is 0 Å². The molecule has 0 radical (unpaired) electrons. The molecule has 1 aromatic carbocycles. The van der Waals surface area contributed by atoms with Gasteiger partial charge < -0.3 is 14.2 Å². The van der Waals surface area contributed by atoms with Gasteiger partial charge in [-0.15, -0.1) is 6.58 Å². The molecule has 0 aliphatic carbocycles. The highest BCUT2D eigenvalue weighted by Gasteiger charge is 2.43. The van der Waals surface area contributed by atoms with Crippen LogP contribution in [0.3, 0.4) is 0 Å². The van der Waals surface area contributed by atoms with Gasteiger partial charge in [-0.2, -0.15) is 0 Å². The third-order valence-corrected chi connectivity index (χ3v) is 5.10. The van der Waals surface area contributed by atoms with Crippen LogP contribution < -0.4 is 0 Å². The third kappa shape index (κ3) is 5.16. The average molecular weight is 346 g/mol. The van der Waals surface area contributed by atoms with E-state index in [-0.39, 0.29) is 30.0 Å². The number of rotatable bonds is 7. The molecule has 0 bridgehead atoms. The van der Waals surface area contributed by atoms with Gasteiger partial charge in [0, 0.05) is 5.92 Å². The first-order chi connectivity index (χ1) is 11.9. The van der Waals surface area contributed by atoms with Crippen LogP contribution in [-0.2, 0) is 14.2 Å². The Bertz CT molecular complexity index is 556. The lowest BCUT2D eigenvalue weighted by Gasteiger charge is -2.43. The van der Waals surface area contributed by atoms with E-state index < -0.39 is 12.4 Å². The van der Waals surface area contributed by atoms with Crippen LogP contribution in [0.2, 0.25) is 0 Å². The maximum absolute atomic E-state index is 12.5. The van der Waals surface area contributed by atoms with Crippen molar-refractivity contribution in [3.05, 3.63) is 48.6 Å². The summed E-state index contributed by atoms with van der Waals surface area (Å²) in [5.41, 5.74) is 0.541. The molecule has 4 nitrogen and oxygen atoms in total. The van der Waals surface area contributed by atoms with Crippen molar-refractivity contribution in [1.29, 1.82) is 0 Å². The van der Waals surface area contributed by atoms with Gasteiger partial charge in [-0.25, -0.2) is 4.79 Å². The van der Waals surface area contributed by atoms with Gasteiger partial charge in [0.05, 0.1) is 17.8 Å². The fourth-order valence-corrected chi connectivity index (χ4v) is 3.08. The van der Waals surface area contributed by atoms with E-state index in [1.165, 1.54) is 0 Å². The molecule has 138 valence electrons. The minimum Gasteiger partial charge on any atom is -0.453 e. The minimum absolute atomic E-state index is 0.00809. The molecular weight excluding hydrogens is 316 g/mol. The summed E-state index contributed by atoms with van der Waals surface area (Å²) in [6.45, 7) is 12.0. The van der Waals surface area contributed by atoms with E-state index in [1.807, 2.05) is 38.1 Å². The number of ether oxygens (including phenoxy) is 3. The number of benzene rings is 1. The molecule has 0 saturated carbocycles. The van der Waals surface area contributed by atoms with Crippen LogP contribution in [0.5, 0.6) is 0 Å². The van der Waals surface area contributed by atoms with E-state index in [4.69, 9.17) is 14.2 Å². The van der Waals surface area contributed by atoms with Crippen molar-refractivity contribution >= 4 is 5.97 Å². The second-order valence-corrected chi connectivity index (χ2v) is 6.98. The molecule has 1 aliphatic heterocycles. The molecule has 4 heteroatoms. The maximum atomic E-state index is 12.5. The van der Waals surface area contributed by atoms with Crippen LogP contribution in [-0.4, -0.2) is 30.6 Å². The molecule has 1 aliphatic rings. The fraction of sp³-hybridized carbons (Fsp3) is 0.571. The van der Waals surface area contributed by atoms with Crippen molar-refractivity contribution in [2.45, 2.75) is 65.1 Å². The highest BCUT2D eigenvalue weighted by Crippen LogP contribution is 2.34. The quantitative estimate of drug-likeness (QED) is 0.535. The van der Waals surface area contributed by atoms with Crippen molar-refractivity contribution in [2.24, 2.45) is 11.8 Å². The lowest BCUT2D eigenvalue weighted by atomic mass is 9.84. The van der Waals surface area contributed by atoms with Crippen LogP contribution in [0, 0.1) is 11.8 Å². The second-order valence-electron chi connectivity index (χ2n) is 6.98. The van der Waals surface area contributed by atoms with Gasteiger partial charge in [0.1, 0.15) is 0 Å². The molecule has 2 rings (SSSR count). The van der Waals surface area contributed by atoms with E-state index in [0.717, 1.165) is 12.8 Å². The van der Waals surface area contributed by atoms with E-state index in [1.54, 1.807) is 12.1 Å². The first kappa shape index (κ1) is 19.7. The van der Waals surface area contributed by atoms with Gasteiger partial charge in [-0.1, -0.05) is 38.1 Å². The summed E-state index contributed by atoms with van der Waals surface area (Å²) in [6, 6.07) is 9.04. The van der Waals surface area contributed by atoms with E-state index in [9.17, 15) is 4.79 Å². The number of esters is 1. The van der Waals surface area contributed by atoms with E-state index in [2.05, 4.69) is 20.4 Å². The summed E-state index contributed by atoms with van der Waals surface area (Å²) in [5.74, 6) is 0.0834. The Morgan fingerprint density at radius 3 is 2.56 bits per heavy atom. The van der Waals surface area contributed by atoms with Crippen LogP contribution in [0.15, 0.2) is 43.0 Å². The molecule has 0 unspecified atom stereocenters. The SMILES string of the molecule is C=CCC[C@@H](C)O[C@@H]1O[C@@H](C)[C@H](C)[C@@H](C)[C@H]1OC(=O)c1ccccc1. The number of hydrogen-bond acceptors (Lipinski definition) is 4. The molecule has 25 heavy (non-hydrogen) atoms. The van der Waals surface area contributed by atoms with Gasteiger partial charge in [0.15, 0.2) is 12.4 Å². The van der Waals surface area contributed by atoms with Gasteiger partial charge in [0.25, 0.3) is 0 Å². The minimum atomic E-state index is -0.548. The standard InChI is InChI=1S/C21H30O4/c1-6-7-11-14(2)23-21-19(16(4)15(3)17(5)24-21)25-20(22)18-12-9-8-10-13-18/h6,8-10,12-17,19,21H,1,7,11H2,2-5H3/t14-,15-,16-,17+,19-,21-/m1/s1. The van der Waals surface area contributed by atoms with E-state index >= 15 is 0 Å². The number of allylic oxidation sites excluding steroid dienone is 1. The molecule has 1 heterocycles. The van der Waals surface area contributed by atoms with Crippen molar-refractivity contribution in [1.82, 2.24) is 0 Å². The zero-order valence-corrected chi connectivity index (χ0v) is 15.7. The molecule has 1 fully saturated rings. The lowest BCUT2D eigenvalue weighted by molar-refractivity contribution is -0.277. The van der Waals surface area contributed by atoms with Gasteiger partial charge in [0.2, 0.25) is 0 Å². The molecule has 1 saturated heterocycles.